The number of phenolic OH excluding ortho intramolecular Hbond substituents is 1. The van der Waals surface area contributed by atoms with Crippen LogP contribution in [0.3, 0.4) is 0 Å². The van der Waals surface area contributed by atoms with Gasteiger partial charge in [0.1, 0.15) is 11.5 Å². The summed E-state index contributed by atoms with van der Waals surface area (Å²) in [5, 5.41) is 11.5. The van der Waals surface area contributed by atoms with Crippen molar-refractivity contribution in [3.05, 3.63) is 74.8 Å². The minimum Gasteiger partial charge on any atom is -0.506 e. The second kappa shape index (κ2) is 11.8. The Balaban J connectivity index is 0.000000170. The number of nitrogens with zero attached hydrogens (tertiary/aromatic N) is 2. The molecule has 0 radical (unpaired) electrons. The summed E-state index contributed by atoms with van der Waals surface area (Å²) in [6.07, 6.45) is 3.25. The lowest BCUT2D eigenvalue weighted by Gasteiger charge is -2.02. The van der Waals surface area contributed by atoms with Crippen molar-refractivity contribution in [2.24, 2.45) is 0 Å². The van der Waals surface area contributed by atoms with Gasteiger partial charge in [0.05, 0.1) is 26.2 Å². The molecule has 0 saturated heterocycles. The molecule has 0 aliphatic rings. The number of halogens is 3. The molecule has 0 bridgehead atoms. The minimum atomic E-state index is 0.133. The molecule has 0 saturated carbocycles. The van der Waals surface area contributed by atoms with E-state index in [-0.39, 0.29) is 5.75 Å². The Morgan fingerprint density at radius 2 is 1.45 bits per heavy atom. The Labute approximate surface area is 193 Å². The Hall–Kier alpha value is -2.04. The molecule has 0 unspecified atom stereocenters. The van der Waals surface area contributed by atoms with Crippen molar-refractivity contribution in [1.82, 2.24) is 9.97 Å². The van der Waals surface area contributed by atoms with E-state index in [1.165, 1.54) is 22.7 Å². The van der Waals surface area contributed by atoms with E-state index in [0.29, 0.717) is 31.1 Å². The molecule has 152 valence electrons. The van der Waals surface area contributed by atoms with E-state index < -0.39 is 0 Å². The lowest BCUT2D eigenvalue weighted by atomic mass is 10.3. The van der Waals surface area contributed by atoms with Crippen molar-refractivity contribution in [2.75, 3.05) is 11.5 Å². The maximum Gasteiger partial charge on any atom is 0.202 e. The number of aromatic nitrogens is 2. The second-order valence-corrected chi connectivity index (χ2v) is 9.28. The molecule has 2 aromatic carbocycles. The first-order valence-electron chi connectivity index (χ1n) is 7.79. The number of para-hydroxylation sites is 2. The molecule has 4 aromatic rings. The number of nitrogen functional groups attached to an aromatic ring is 2. The first-order chi connectivity index (χ1) is 13.8. The van der Waals surface area contributed by atoms with Gasteiger partial charge < -0.3 is 21.3 Å². The molecule has 5 N–H and O–H groups in total. The normalized spacial score (nSPS) is 9.62. The summed E-state index contributed by atoms with van der Waals surface area (Å²) < 4.78 is 6.45. The van der Waals surface area contributed by atoms with E-state index in [0.717, 1.165) is 3.79 Å². The topological polar surface area (TPSA) is 107 Å². The SMILES string of the molecule is Nc1ncc(Br)s1.Nc1ncc(Oc2ccccc2Cl)s1.Oc1ccccc1Cl. The average molecular weight is 534 g/mol. The third-order valence-electron chi connectivity index (χ3n) is 2.90. The molecule has 0 fully saturated rings. The van der Waals surface area contributed by atoms with Gasteiger partial charge in [0.25, 0.3) is 0 Å². The molecule has 4 rings (SSSR count). The fourth-order valence-corrected chi connectivity index (χ4v) is 3.54. The fraction of sp³-hybridized carbons (Fsp3) is 0. The maximum atomic E-state index is 8.79. The highest BCUT2D eigenvalue weighted by Crippen LogP contribution is 2.32. The second-order valence-electron chi connectivity index (χ2n) is 5.00. The van der Waals surface area contributed by atoms with Crippen LogP contribution in [0.25, 0.3) is 0 Å². The first kappa shape index (κ1) is 23.2. The van der Waals surface area contributed by atoms with Gasteiger partial charge in [0.15, 0.2) is 10.3 Å². The van der Waals surface area contributed by atoms with Gasteiger partial charge in [-0.3, -0.25) is 0 Å². The van der Waals surface area contributed by atoms with E-state index in [9.17, 15) is 0 Å². The summed E-state index contributed by atoms with van der Waals surface area (Å²) in [7, 11) is 0. The zero-order valence-corrected chi connectivity index (χ0v) is 19.4. The summed E-state index contributed by atoms with van der Waals surface area (Å²) in [6, 6.07) is 13.9. The number of thiazole rings is 2. The number of nitrogens with two attached hydrogens (primary N) is 2. The number of phenols is 1. The van der Waals surface area contributed by atoms with E-state index in [1.807, 2.05) is 12.1 Å². The Bertz CT molecular complexity index is 1010. The molecule has 29 heavy (non-hydrogen) atoms. The zero-order chi connectivity index (χ0) is 21.2. The number of rotatable bonds is 2. The summed E-state index contributed by atoms with van der Waals surface area (Å²) >= 11 is 17.3. The van der Waals surface area contributed by atoms with Crippen LogP contribution in [0, 0.1) is 0 Å². The smallest absolute Gasteiger partial charge is 0.202 e. The van der Waals surface area contributed by atoms with Crippen LogP contribution >= 0.6 is 61.8 Å². The van der Waals surface area contributed by atoms with Crippen LogP contribution in [0.1, 0.15) is 0 Å². The van der Waals surface area contributed by atoms with Gasteiger partial charge in [-0.25, -0.2) is 9.97 Å². The molecule has 2 aromatic heterocycles. The van der Waals surface area contributed by atoms with Crippen molar-refractivity contribution in [3.8, 4) is 16.6 Å². The van der Waals surface area contributed by atoms with E-state index in [2.05, 4.69) is 25.9 Å². The highest BCUT2D eigenvalue weighted by atomic mass is 79.9. The van der Waals surface area contributed by atoms with Crippen LogP contribution in [0.2, 0.25) is 10.0 Å². The molecule has 11 heteroatoms. The molecule has 0 aliphatic carbocycles. The van der Waals surface area contributed by atoms with Crippen LogP contribution < -0.4 is 16.2 Å². The quantitative estimate of drug-likeness (QED) is 0.264. The van der Waals surface area contributed by atoms with Crippen LogP contribution in [0.4, 0.5) is 10.3 Å². The standard InChI is InChI=1S/C9H7ClN2OS.C6H5ClO.C3H3BrN2S/c10-6-3-1-2-4-7(6)13-8-5-12-9(11)14-8;7-5-3-1-2-4-6(5)8;4-2-1-6-3(5)7-2/h1-5H,(H2,11,12);1-4,8H;1H,(H2,5,6). The minimum absolute atomic E-state index is 0.133. The van der Waals surface area contributed by atoms with Crippen molar-refractivity contribution in [1.29, 1.82) is 0 Å². The summed E-state index contributed by atoms with van der Waals surface area (Å²) in [5.74, 6) is 0.743. The molecule has 0 aliphatic heterocycles. The van der Waals surface area contributed by atoms with Gasteiger partial charge in [-0.15, -0.1) is 0 Å². The van der Waals surface area contributed by atoms with Crippen LogP contribution in [-0.2, 0) is 0 Å². The number of hydrogen-bond donors (Lipinski definition) is 3. The van der Waals surface area contributed by atoms with Gasteiger partial charge in [0.2, 0.25) is 5.06 Å². The van der Waals surface area contributed by atoms with Crippen molar-refractivity contribution in [2.45, 2.75) is 0 Å². The predicted molar refractivity (Wildman–Crippen MR) is 125 cm³/mol. The van der Waals surface area contributed by atoms with Crippen molar-refractivity contribution >= 4 is 72.1 Å². The average Bonchev–Trinajstić information content (AvgIpc) is 3.28. The van der Waals surface area contributed by atoms with Gasteiger partial charge in [-0.05, 0) is 40.2 Å². The van der Waals surface area contributed by atoms with Crippen molar-refractivity contribution < 1.29 is 9.84 Å². The lowest BCUT2D eigenvalue weighted by molar-refractivity contribution is 0.475. The van der Waals surface area contributed by atoms with E-state index in [1.54, 1.807) is 48.8 Å². The van der Waals surface area contributed by atoms with Gasteiger partial charge in [0, 0.05) is 0 Å². The number of ether oxygens (including phenoxy) is 1. The largest absolute Gasteiger partial charge is 0.506 e. The lowest BCUT2D eigenvalue weighted by Crippen LogP contribution is -1.80. The summed E-state index contributed by atoms with van der Waals surface area (Å²) in [4.78, 5) is 7.64. The molecular weight excluding hydrogens is 519 g/mol. The highest BCUT2D eigenvalue weighted by molar-refractivity contribution is 9.11. The third kappa shape index (κ3) is 8.46. The Morgan fingerprint density at radius 3 is 1.86 bits per heavy atom. The number of anilines is 2. The molecule has 0 spiro atoms. The zero-order valence-electron chi connectivity index (χ0n) is 14.6. The molecule has 2 heterocycles. The maximum absolute atomic E-state index is 8.79. The van der Waals surface area contributed by atoms with Crippen molar-refractivity contribution in [3.63, 3.8) is 0 Å². The first-order valence-corrected chi connectivity index (χ1v) is 11.0. The Morgan fingerprint density at radius 1 is 0.862 bits per heavy atom. The van der Waals surface area contributed by atoms with Crippen LogP contribution in [0.15, 0.2) is 64.7 Å². The summed E-state index contributed by atoms with van der Waals surface area (Å²) in [6.45, 7) is 0. The third-order valence-corrected chi connectivity index (χ3v) is 5.54. The highest BCUT2D eigenvalue weighted by Gasteiger charge is 2.04. The number of aromatic hydroxyl groups is 1. The van der Waals surface area contributed by atoms with Gasteiger partial charge in [-0.1, -0.05) is 70.1 Å². The molecule has 6 nitrogen and oxygen atoms in total. The van der Waals surface area contributed by atoms with Gasteiger partial charge >= 0.3 is 0 Å². The van der Waals surface area contributed by atoms with Crippen LogP contribution in [-0.4, -0.2) is 15.1 Å². The van der Waals surface area contributed by atoms with E-state index in [4.69, 9.17) is 44.5 Å². The van der Waals surface area contributed by atoms with E-state index >= 15 is 0 Å². The predicted octanol–water partition coefficient (Wildman–Crippen LogP) is 6.70. The molecular formula is C18H15BrCl2N4O2S2. The van der Waals surface area contributed by atoms with Gasteiger partial charge in [-0.2, -0.15) is 0 Å². The molecule has 0 atom stereocenters. The van der Waals surface area contributed by atoms with Crippen LogP contribution in [0.5, 0.6) is 16.6 Å². The molecule has 0 amide bonds. The Kier molecular flexibility index (Phi) is 9.49. The number of benzene rings is 2. The summed E-state index contributed by atoms with van der Waals surface area (Å²) in [5.41, 5.74) is 10.7. The number of hydrogen-bond acceptors (Lipinski definition) is 8. The fourth-order valence-electron chi connectivity index (χ4n) is 1.67. The monoisotopic (exact) mass is 532 g/mol.